The first kappa shape index (κ1) is 23.7. The van der Waals surface area contributed by atoms with Gasteiger partial charge in [-0.05, 0) is 81.5 Å². The van der Waals surface area contributed by atoms with E-state index in [-0.39, 0.29) is 12.0 Å². The van der Waals surface area contributed by atoms with E-state index in [0.717, 1.165) is 46.7 Å². The van der Waals surface area contributed by atoms with E-state index in [9.17, 15) is 0 Å². The second kappa shape index (κ2) is 10.7. The lowest BCUT2D eigenvalue weighted by Crippen LogP contribution is -2.12. The number of aryl methyl sites for hydroxylation is 2. The SMILES string of the molecule is COc1ccc(C(C#Cc2ccc(-c3nc(C)no3)cc2)Cc2nc(C)co2)cc1OC1CCCC1. The monoisotopic (exact) mass is 483 g/mol. The molecule has 1 saturated carbocycles. The summed E-state index contributed by atoms with van der Waals surface area (Å²) < 4.78 is 22.8. The summed E-state index contributed by atoms with van der Waals surface area (Å²) in [5.41, 5.74) is 3.63. The van der Waals surface area contributed by atoms with E-state index < -0.39 is 0 Å². The van der Waals surface area contributed by atoms with Crippen LogP contribution in [0.25, 0.3) is 11.5 Å². The van der Waals surface area contributed by atoms with Crippen molar-refractivity contribution in [2.75, 3.05) is 7.11 Å². The van der Waals surface area contributed by atoms with E-state index in [2.05, 4.69) is 27.0 Å². The molecule has 1 unspecified atom stereocenters. The fraction of sp³-hybridized carbons (Fsp3) is 0.345. The van der Waals surface area contributed by atoms with Gasteiger partial charge in [0, 0.05) is 17.5 Å². The summed E-state index contributed by atoms with van der Waals surface area (Å²) >= 11 is 0. The van der Waals surface area contributed by atoms with Crippen LogP contribution in [0.4, 0.5) is 0 Å². The standard InChI is InChI=1S/C29H29N3O4/c1-19-18-34-28(30-19)17-24(13-10-21-8-11-22(12-9-21)29-31-20(2)32-36-29)23-14-15-26(33-3)27(16-23)35-25-6-4-5-7-25/h8-9,11-12,14-16,18,24-25H,4-7,17H2,1-3H3. The molecular weight excluding hydrogens is 454 g/mol. The van der Waals surface area contributed by atoms with Gasteiger partial charge in [0.05, 0.1) is 24.8 Å². The predicted molar refractivity (Wildman–Crippen MR) is 135 cm³/mol. The highest BCUT2D eigenvalue weighted by Gasteiger charge is 2.21. The molecule has 0 radical (unpaired) electrons. The summed E-state index contributed by atoms with van der Waals surface area (Å²) in [7, 11) is 1.67. The zero-order chi connectivity index (χ0) is 24.9. The molecule has 2 aromatic carbocycles. The summed E-state index contributed by atoms with van der Waals surface area (Å²) in [5, 5.41) is 3.85. The van der Waals surface area contributed by atoms with E-state index >= 15 is 0 Å². The zero-order valence-electron chi connectivity index (χ0n) is 20.8. The molecule has 5 rings (SSSR count). The summed E-state index contributed by atoms with van der Waals surface area (Å²) in [6.07, 6.45) is 7.01. The van der Waals surface area contributed by atoms with Gasteiger partial charge in [-0.1, -0.05) is 23.1 Å². The smallest absolute Gasteiger partial charge is 0.257 e. The Morgan fingerprint density at radius 2 is 1.83 bits per heavy atom. The van der Waals surface area contributed by atoms with E-state index in [0.29, 0.717) is 24.0 Å². The molecule has 0 spiro atoms. The number of hydrogen-bond acceptors (Lipinski definition) is 7. The van der Waals surface area contributed by atoms with Crippen LogP contribution in [0.3, 0.4) is 0 Å². The summed E-state index contributed by atoms with van der Waals surface area (Å²) in [5.74, 6) is 9.86. The lowest BCUT2D eigenvalue weighted by atomic mass is 9.95. The topological polar surface area (TPSA) is 83.4 Å². The maximum absolute atomic E-state index is 6.33. The fourth-order valence-electron chi connectivity index (χ4n) is 4.39. The van der Waals surface area contributed by atoms with Crippen molar-refractivity contribution in [1.82, 2.24) is 15.1 Å². The van der Waals surface area contributed by atoms with Gasteiger partial charge in [0.2, 0.25) is 0 Å². The van der Waals surface area contributed by atoms with Crippen molar-refractivity contribution in [2.24, 2.45) is 0 Å². The van der Waals surface area contributed by atoms with Crippen molar-refractivity contribution in [2.45, 2.75) is 58.0 Å². The Morgan fingerprint density at radius 1 is 1.03 bits per heavy atom. The van der Waals surface area contributed by atoms with Crippen molar-refractivity contribution in [3.63, 3.8) is 0 Å². The molecule has 1 aliphatic rings. The highest BCUT2D eigenvalue weighted by Crippen LogP contribution is 2.35. The maximum atomic E-state index is 6.33. The van der Waals surface area contributed by atoms with Crippen molar-refractivity contribution >= 4 is 0 Å². The molecule has 0 bridgehead atoms. The van der Waals surface area contributed by atoms with Crippen LogP contribution < -0.4 is 9.47 Å². The first-order valence-electron chi connectivity index (χ1n) is 12.3. The van der Waals surface area contributed by atoms with Gasteiger partial charge in [0.1, 0.15) is 6.26 Å². The van der Waals surface area contributed by atoms with E-state index in [1.807, 2.05) is 49.4 Å². The molecule has 2 aromatic heterocycles. The number of hydrogen-bond donors (Lipinski definition) is 0. The number of aromatic nitrogens is 3. The van der Waals surface area contributed by atoms with Crippen molar-refractivity contribution in [3.8, 4) is 34.8 Å². The molecule has 7 nitrogen and oxygen atoms in total. The van der Waals surface area contributed by atoms with Gasteiger partial charge in [-0.3, -0.25) is 0 Å². The Hall–Kier alpha value is -4.05. The molecule has 1 aliphatic carbocycles. The molecule has 0 aliphatic heterocycles. The van der Waals surface area contributed by atoms with E-state index in [1.54, 1.807) is 20.3 Å². The maximum Gasteiger partial charge on any atom is 0.257 e. The molecule has 0 saturated heterocycles. The number of benzene rings is 2. The van der Waals surface area contributed by atoms with Crippen LogP contribution in [0.2, 0.25) is 0 Å². The number of oxazole rings is 1. The van der Waals surface area contributed by atoms with Gasteiger partial charge in [-0.15, -0.1) is 0 Å². The summed E-state index contributed by atoms with van der Waals surface area (Å²) in [6.45, 7) is 3.72. The van der Waals surface area contributed by atoms with Crippen LogP contribution in [0, 0.1) is 25.7 Å². The molecule has 1 atom stereocenters. The second-order valence-electron chi connectivity index (χ2n) is 9.07. The number of nitrogens with zero attached hydrogens (tertiary/aromatic N) is 3. The van der Waals surface area contributed by atoms with Gasteiger partial charge in [0.25, 0.3) is 5.89 Å². The Kier molecular flexibility index (Phi) is 7.03. The highest BCUT2D eigenvalue weighted by molar-refractivity contribution is 5.55. The molecule has 0 amide bonds. The minimum Gasteiger partial charge on any atom is -0.493 e. The van der Waals surface area contributed by atoms with E-state index in [1.165, 1.54) is 12.8 Å². The molecule has 2 heterocycles. The van der Waals surface area contributed by atoms with Crippen molar-refractivity contribution < 1.29 is 18.4 Å². The predicted octanol–water partition coefficient (Wildman–Crippen LogP) is 6.05. The summed E-state index contributed by atoms with van der Waals surface area (Å²) in [4.78, 5) is 8.78. The van der Waals surface area contributed by atoms with Gasteiger partial charge in [0.15, 0.2) is 23.2 Å². The van der Waals surface area contributed by atoms with Crippen LogP contribution in [-0.4, -0.2) is 28.3 Å². The first-order chi connectivity index (χ1) is 17.6. The molecular formula is C29H29N3O4. The van der Waals surface area contributed by atoms with Crippen LogP contribution >= 0.6 is 0 Å². The van der Waals surface area contributed by atoms with Gasteiger partial charge in [-0.2, -0.15) is 4.98 Å². The van der Waals surface area contributed by atoms with Crippen LogP contribution in [0.1, 0.15) is 60.1 Å². The minimum atomic E-state index is -0.141. The van der Waals surface area contributed by atoms with Crippen LogP contribution in [-0.2, 0) is 6.42 Å². The van der Waals surface area contributed by atoms with Crippen LogP contribution in [0.5, 0.6) is 11.5 Å². The molecule has 4 aromatic rings. The molecule has 36 heavy (non-hydrogen) atoms. The largest absolute Gasteiger partial charge is 0.493 e. The quantitative estimate of drug-likeness (QED) is 0.296. The van der Waals surface area contributed by atoms with E-state index in [4.69, 9.17) is 18.4 Å². The Labute approximate surface area is 210 Å². The lowest BCUT2D eigenvalue weighted by Gasteiger charge is -2.18. The molecule has 7 heteroatoms. The molecule has 0 N–H and O–H groups in total. The Bertz CT molecular complexity index is 1370. The number of ether oxygens (including phenoxy) is 2. The third-order valence-electron chi connectivity index (χ3n) is 6.28. The Morgan fingerprint density at radius 3 is 2.50 bits per heavy atom. The highest BCUT2D eigenvalue weighted by atomic mass is 16.5. The number of methoxy groups -OCH3 is 1. The average molecular weight is 484 g/mol. The number of rotatable bonds is 7. The van der Waals surface area contributed by atoms with Gasteiger partial charge >= 0.3 is 0 Å². The van der Waals surface area contributed by atoms with Crippen molar-refractivity contribution in [1.29, 1.82) is 0 Å². The normalized spacial score (nSPS) is 14.3. The lowest BCUT2D eigenvalue weighted by molar-refractivity contribution is 0.200. The third kappa shape index (κ3) is 5.60. The average Bonchev–Trinajstić information content (AvgIpc) is 3.65. The fourth-order valence-corrected chi connectivity index (χ4v) is 4.39. The second-order valence-corrected chi connectivity index (χ2v) is 9.07. The molecule has 1 fully saturated rings. The van der Waals surface area contributed by atoms with Crippen LogP contribution in [0.15, 0.2) is 57.7 Å². The minimum absolute atomic E-state index is 0.141. The molecule has 184 valence electrons. The van der Waals surface area contributed by atoms with Gasteiger partial charge < -0.3 is 18.4 Å². The first-order valence-corrected chi connectivity index (χ1v) is 12.3. The van der Waals surface area contributed by atoms with Gasteiger partial charge in [-0.25, -0.2) is 4.98 Å². The third-order valence-corrected chi connectivity index (χ3v) is 6.28. The van der Waals surface area contributed by atoms with Crippen molar-refractivity contribution in [3.05, 3.63) is 77.3 Å². The Balaban J connectivity index is 1.43. The zero-order valence-corrected chi connectivity index (χ0v) is 20.8. The summed E-state index contributed by atoms with van der Waals surface area (Å²) in [6, 6.07) is 13.8.